The van der Waals surface area contributed by atoms with E-state index in [-0.39, 0.29) is 5.91 Å². The Balaban J connectivity index is 1.45. The SMILES string of the molecule is Cc1ccccc1-n1nc2c(c1-n1cccc1)CN(C(=O)C(C)Oc1ccccc1)C2. The Labute approximate surface area is 181 Å². The summed E-state index contributed by atoms with van der Waals surface area (Å²) >= 11 is 0. The predicted octanol–water partition coefficient (Wildman–Crippen LogP) is 4.28. The molecule has 1 aliphatic heterocycles. The van der Waals surface area contributed by atoms with Gasteiger partial charge in [-0.25, -0.2) is 4.68 Å². The standard InChI is InChI=1S/C25H24N4O2/c1-18-10-6-7-13-23(18)29-24(27-14-8-9-15-27)21-16-28(17-22(21)26-29)25(30)19(2)31-20-11-4-3-5-12-20/h3-15,19H,16-17H2,1-2H3. The first-order valence-electron chi connectivity index (χ1n) is 10.4. The van der Waals surface area contributed by atoms with Crippen LogP contribution in [-0.4, -0.2) is 31.3 Å². The van der Waals surface area contributed by atoms with Crippen LogP contribution in [-0.2, 0) is 17.9 Å². The topological polar surface area (TPSA) is 52.3 Å². The van der Waals surface area contributed by atoms with Gasteiger partial charge >= 0.3 is 0 Å². The Morgan fingerprint density at radius 3 is 2.42 bits per heavy atom. The number of benzene rings is 2. The van der Waals surface area contributed by atoms with Crippen LogP contribution in [0.4, 0.5) is 0 Å². The van der Waals surface area contributed by atoms with Gasteiger partial charge in [-0.1, -0.05) is 36.4 Å². The summed E-state index contributed by atoms with van der Waals surface area (Å²) in [7, 11) is 0. The Bertz CT molecular complexity index is 1210. The molecule has 6 heteroatoms. The van der Waals surface area contributed by atoms with E-state index in [1.54, 1.807) is 6.92 Å². The molecule has 0 radical (unpaired) electrons. The van der Waals surface area contributed by atoms with E-state index < -0.39 is 6.10 Å². The molecule has 0 spiro atoms. The molecule has 3 heterocycles. The molecular formula is C25H24N4O2. The van der Waals surface area contributed by atoms with Gasteiger partial charge in [0.25, 0.3) is 5.91 Å². The number of carbonyl (C=O) groups is 1. The molecule has 2 aromatic heterocycles. The molecule has 1 atom stereocenters. The Hall–Kier alpha value is -3.80. The lowest BCUT2D eigenvalue weighted by Crippen LogP contribution is -2.37. The van der Waals surface area contributed by atoms with E-state index in [1.165, 1.54) is 0 Å². The highest BCUT2D eigenvalue weighted by Crippen LogP contribution is 2.31. The van der Waals surface area contributed by atoms with Gasteiger partial charge in [-0.2, -0.15) is 5.10 Å². The summed E-state index contributed by atoms with van der Waals surface area (Å²) in [4.78, 5) is 14.9. The molecule has 0 aliphatic carbocycles. The molecule has 0 N–H and O–H groups in total. The number of hydrogen-bond donors (Lipinski definition) is 0. The fraction of sp³-hybridized carbons (Fsp3) is 0.200. The average Bonchev–Trinajstić information content (AvgIpc) is 3.50. The van der Waals surface area contributed by atoms with Crippen LogP contribution in [0.15, 0.2) is 79.1 Å². The molecule has 31 heavy (non-hydrogen) atoms. The summed E-state index contributed by atoms with van der Waals surface area (Å²) < 4.78 is 9.91. The summed E-state index contributed by atoms with van der Waals surface area (Å²) in [6, 6.07) is 21.6. The first kappa shape index (κ1) is 19.2. The zero-order valence-electron chi connectivity index (χ0n) is 17.6. The third-order valence-electron chi connectivity index (χ3n) is 5.64. The maximum Gasteiger partial charge on any atom is 0.264 e. The quantitative estimate of drug-likeness (QED) is 0.492. The number of nitrogens with zero attached hydrogens (tertiary/aromatic N) is 4. The molecular weight excluding hydrogens is 388 g/mol. The third kappa shape index (κ3) is 3.50. The molecule has 6 nitrogen and oxygen atoms in total. The van der Waals surface area contributed by atoms with Crippen LogP contribution in [0.1, 0.15) is 23.7 Å². The molecule has 156 valence electrons. The van der Waals surface area contributed by atoms with Gasteiger partial charge in [0.1, 0.15) is 11.6 Å². The van der Waals surface area contributed by atoms with Gasteiger partial charge < -0.3 is 14.2 Å². The molecule has 0 saturated heterocycles. The third-order valence-corrected chi connectivity index (χ3v) is 5.64. The number of aromatic nitrogens is 3. The fourth-order valence-corrected chi connectivity index (χ4v) is 4.08. The van der Waals surface area contributed by atoms with Crippen molar-refractivity contribution >= 4 is 5.91 Å². The van der Waals surface area contributed by atoms with Crippen molar-refractivity contribution in [1.29, 1.82) is 0 Å². The van der Waals surface area contributed by atoms with Gasteiger partial charge in [0.05, 0.1) is 24.5 Å². The lowest BCUT2D eigenvalue weighted by Gasteiger charge is -2.22. The molecule has 1 aliphatic rings. The van der Waals surface area contributed by atoms with Crippen molar-refractivity contribution in [2.24, 2.45) is 0 Å². The molecule has 1 amide bonds. The normalized spacial score (nSPS) is 13.8. The summed E-state index contributed by atoms with van der Waals surface area (Å²) in [5.74, 6) is 1.63. The highest BCUT2D eigenvalue weighted by molar-refractivity contribution is 5.81. The number of aryl methyl sites for hydroxylation is 1. The second kappa shape index (κ2) is 7.80. The van der Waals surface area contributed by atoms with E-state index in [0.29, 0.717) is 18.8 Å². The molecule has 1 unspecified atom stereocenters. The number of rotatable bonds is 5. The first-order chi connectivity index (χ1) is 15.1. The monoisotopic (exact) mass is 412 g/mol. The van der Waals surface area contributed by atoms with Crippen molar-refractivity contribution in [2.45, 2.75) is 33.0 Å². The highest BCUT2D eigenvalue weighted by Gasteiger charge is 2.34. The summed E-state index contributed by atoms with van der Waals surface area (Å²) in [6.07, 6.45) is 3.46. The van der Waals surface area contributed by atoms with Crippen LogP contribution in [0.5, 0.6) is 5.75 Å². The maximum atomic E-state index is 13.1. The number of para-hydroxylation sites is 2. The smallest absolute Gasteiger partial charge is 0.264 e. The maximum absolute atomic E-state index is 13.1. The fourth-order valence-electron chi connectivity index (χ4n) is 4.08. The number of amides is 1. The van der Waals surface area contributed by atoms with E-state index in [1.807, 2.05) is 76.6 Å². The van der Waals surface area contributed by atoms with Crippen LogP contribution in [0, 0.1) is 6.92 Å². The van der Waals surface area contributed by atoms with Crippen LogP contribution in [0.3, 0.4) is 0 Å². The minimum Gasteiger partial charge on any atom is -0.481 e. The zero-order chi connectivity index (χ0) is 21.4. The zero-order valence-corrected chi connectivity index (χ0v) is 17.6. The summed E-state index contributed by atoms with van der Waals surface area (Å²) in [6.45, 7) is 4.87. The second-order valence-electron chi connectivity index (χ2n) is 7.80. The molecule has 0 bridgehead atoms. The Kier molecular flexibility index (Phi) is 4.82. The largest absolute Gasteiger partial charge is 0.481 e. The van der Waals surface area contributed by atoms with E-state index >= 15 is 0 Å². The molecule has 4 aromatic rings. The van der Waals surface area contributed by atoms with Crippen molar-refractivity contribution < 1.29 is 9.53 Å². The van der Waals surface area contributed by atoms with E-state index in [4.69, 9.17) is 9.84 Å². The lowest BCUT2D eigenvalue weighted by atomic mass is 10.2. The minimum absolute atomic E-state index is 0.0391. The average molecular weight is 412 g/mol. The van der Waals surface area contributed by atoms with Crippen molar-refractivity contribution in [3.05, 3.63) is 95.9 Å². The number of fused-ring (bicyclic) bond motifs is 1. The van der Waals surface area contributed by atoms with Crippen molar-refractivity contribution in [2.75, 3.05) is 0 Å². The second-order valence-corrected chi connectivity index (χ2v) is 7.80. The first-order valence-corrected chi connectivity index (χ1v) is 10.4. The van der Waals surface area contributed by atoms with Crippen LogP contribution in [0.2, 0.25) is 0 Å². The molecule has 5 rings (SSSR count). The molecule has 2 aromatic carbocycles. The van der Waals surface area contributed by atoms with Crippen LogP contribution >= 0.6 is 0 Å². The van der Waals surface area contributed by atoms with Gasteiger partial charge in [0.15, 0.2) is 6.10 Å². The van der Waals surface area contributed by atoms with Crippen molar-refractivity contribution in [3.63, 3.8) is 0 Å². The van der Waals surface area contributed by atoms with Crippen molar-refractivity contribution in [3.8, 4) is 17.3 Å². The molecule has 0 saturated carbocycles. The van der Waals surface area contributed by atoms with E-state index in [9.17, 15) is 4.79 Å². The molecule has 0 fully saturated rings. The summed E-state index contributed by atoms with van der Waals surface area (Å²) in [5, 5.41) is 4.91. The predicted molar refractivity (Wildman–Crippen MR) is 118 cm³/mol. The highest BCUT2D eigenvalue weighted by atomic mass is 16.5. The van der Waals surface area contributed by atoms with Crippen LogP contribution in [0.25, 0.3) is 11.5 Å². The van der Waals surface area contributed by atoms with E-state index in [2.05, 4.69) is 23.6 Å². The van der Waals surface area contributed by atoms with Gasteiger partial charge in [-0.15, -0.1) is 0 Å². The number of carbonyl (C=O) groups excluding carboxylic acids is 1. The lowest BCUT2D eigenvalue weighted by molar-refractivity contribution is -0.138. The summed E-state index contributed by atoms with van der Waals surface area (Å²) in [5.41, 5.74) is 4.18. The Morgan fingerprint density at radius 2 is 1.68 bits per heavy atom. The van der Waals surface area contributed by atoms with Gasteiger partial charge in [0, 0.05) is 18.0 Å². The van der Waals surface area contributed by atoms with Gasteiger partial charge in [0.2, 0.25) is 0 Å². The van der Waals surface area contributed by atoms with E-state index in [0.717, 1.165) is 28.3 Å². The number of hydrogen-bond acceptors (Lipinski definition) is 3. The van der Waals surface area contributed by atoms with Crippen LogP contribution < -0.4 is 4.74 Å². The Morgan fingerprint density at radius 1 is 0.968 bits per heavy atom. The minimum atomic E-state index is -0.565. The van der Waals surface area contributed by atoms with Crippen molar-refractivity contribution in [1.82, 2.24) is 19.2 Å². The van der Waals surface area contributed by atoms with Gasteiger partial charge in [-0.05, 0) is 49.7 Å². The van der Waals surface area contributed by atoms with Gasteiger partial charge in [-0.3, -0.25) is 4.79 Å². The number of ether oxygens (including phenoxy) is 1.